The van der Waals surface area contributed by atoms with Crippen molar-refractivity contribution in [2.75, 3.05) is 33.3 Å². The van der Waals surface area contributed by atoms with E-state index < -0.39 is 6.10 Å². The maximum atomic E-state index is 10.3. The number of likely N-dealkylation sites (tertiary alicyclic amines) is 1. The van der Waals surface area contributed by atoms with Crippen molar-refractivity contribution in [1.29, 1.82) is 0 Å². The first-order valence-corrected chi connectivity index (χ1v) is 9.09. The highest BCUT2D eigenvalue weighted by Gasteiger charge is 2.23. The predicted octanol–water partition coefficient (Wildman–Crippen LogP) is 3.16. The van der Waals surface area contributed by atoms with Gasteiger partial charge >= 0.3 is 0 Å². The molecule has 4 nitrogen and oxygen atoms in total. The van der Waals surface area contributed by atoms with Crippen LogP contribution in [0.5, 0.6) is 5.75 Å². The molecule has 3 rings (SSSR count). The van der Waals surface area contributed by atoms with E-state index in [1.54, 1.807) is 7.11 Å². The highest BCUT2D eigenvalue weighted by molar-refractivity contribution is 5.29. The lowest BCUT2D eigenvalue weighted by atomic mass is 10.0. The monoisotopic (exact) mass is 340 g/mol. The van der Waals surface area contributed by atoms with E-state index in [1.165, 1.54) is 18.4 Å². The van der Waals surface area contributed by atoms with Gasteiger partial charge in [0.2, 0.25) is 0 Å². The number of hydrogen-bond donors (Lipinski definition) is 2. The summed E-state index contributed by atoms with van der Waals surface area (Å²) in [5, 5.41) is 13.8. The molecule has 1 aliphatic heterocycles. The summed E-state index contributed by atoms with van der Waals surface area (Å²) in [6, 6.07) is 18.5. The fourth-order valence-electron chi connectivity index (χ4n) is 3.49. The number of benzene rings is 2. The van der Waals surface area contributed by atoms with Gasteiger partial charge in [0, 0.05) is 19.1 Å². The topological polar surface area (TPSA) is 44.7 Å². The summed E-state index contributed by atoms with van der Waals surface area (Å²) in [4.78, 5) is 2.53. The molecule has 0 bridgehead atoms. The summed E-state index contributed by atoms with van der Waals surface area (Å²) in [6.07, 6.45) is 2.05. The molecular formula is C21H28N2O2. The van der Waals surface area contributed by atoms with Crippen molar-refractivity contribution >= 4 is 0 Å². The van der Waals surface area contributed by atoms with E-state index in [2.05, 4.69) is 22.3 Å². The normalized spacial score (nSPS) is 17.4. The number of methoxy groups -OCH3 is 1. The molecule has 25 heavy (non-hydrogen) atoms. The van der Waals surface area contributed by atoms with E-state index in [-0.39, 0.29) is 0 Å². The Hall–Kier alpha value is -1.88. The molecule has 1 saturated heterocycles. The first-order valence-electron chi connectivity index (χ1n) is 9.09. The van der Waals surface area contributed by atoms with E-state index in [0.29, 0.717) is 12.6 Å². The summed E-state index contributed by atoms with van der Waals surface area (Å²) < 4.78 is 5.27. The van der Waals surface area contributed by atoms with Crippen LogP contribution in [0.15, 0.2) is 54.6 Å². The van der Waals surface area contributed by atoms with Crippen LogP contribution < -0.4 is 10.1 Å². The molecule has 0 aromatic heterocycles. The van der Waals surface area contributed by atoms with Crippen molar-refractivity contribution in [2.24, 2.45) is 0 Å². The van der Waals surface area contributed by atoms with Gasteiger partial charge < -0.3 is 15.2 Å². The third kappa shape index (κ3) is 4.82. The number of aliphatic hydroxyl groups is 1. The summed E-state index contributed by atoms with van der Waals surface area (Å²) in [5.74, 6) is 0.886. The molecule has 0 aliphatic carbocycles. The molecule has 0 amide bonds. The maximum Gasteiger partial charge on any atom is 0.118 e. The molecule has 2 aromatic rings. The summed E-state index contributed by atoms with van der Waals surface area (Å²) in [7, 11) is 1.69. The minimum absolute atomic E-state index is 0.330. The highest BCUT2D eigenvalue weighted by Crippen LogP contribution is 2.26. The molecule has 1 heterocycles. The summed E-state index contributed by atoms with van der Waals surface area (Å²) in [6.45, 7) is 3.67. The third-order valence-electron chi connectivity index (χ3n) is 4.94. The van der Waals surface area contributed by atoms with Crippen LogP contribution in [0.1, 0.15) is 36.1 Å². The molecule has 0 radical (unpaired) electrons. The van der Waals surface area contributed by atoms with Gasteiger partial charge in [-0.05, 0) is 49.2 Å². The second-order valence-corrected chi connectivity index (χ2v) is 6.62. The van der Waals surface area contributed by atoms with Crippen molar-refractivity contribution in [3.63, 3.8) is 0 Å². The molecule has 0 spiro atoms. The second-order valence-electron chi connectivity index (χ2n) is 6.62. The van der Waals surface area contributed by atoms with Gasteiger partial charge in [-0.1, -0.05) is 42.5 Å². The van der Waals surface area contributed by atoms with E-state index in [9.17, 15) is 5.11 Å². The van der Waals surface area contributed by atoms with Crippen LogP contribution in [0.3, 0.4) is 0 Å². The van der Waals surface area contributed by atoms with Crippen LogP contribution in [0, 0.1) is 0 Å². The number of rotatable bonds is 8. The van der Waals surface area contributed by atoms with E-state index in [0.717, 1.165) is 30.9 Å². The molecule has 134 valence electrons. The summed E-state index contributed by atoms with van der Waals surface area (Å²) in [5.41, 5.74) is 2.25. The largest absolute Gasteiger partial charge is 0.497 e. The van der Waals surface area contributed by atoms with Crippen LogP contribution in [-0.4, -0.2) is 43.3 Å². The first kappa shape index (κ1) is 17.9. The van der Waals surface area contributed by atoms with E-state index in [4.69, 9.17) is 4.74 Å². The maximum absolute atomic E-state index is 10.3. The molecule has 4 heteroatoms. The molecule has 0 unspecified atom stereocenters. The standard InChI is InChI=1S/C21H28N2O2/c1-25-19-11-9-17(10-12-19)20(23-13-5-6-14-23)15-22-16-21(24)18-7-3-2-4-8-18/h2-4,7-12,20-22,24H,5-6,13-16H2,1H3/t20-,21+/m1/s1. The Bertz CT molecular complexity index is 624. The van der Waals surface area contributed by atoms with Crippen LogP contribution >= 0.6 is 0 Å². The van der Waals surface area contributed by atoms with Gasteiger partial charge in [0.15, 0.2) is 0 Å². The van der Waals surface area contributed by atoms with Crippen molar-refractivity contribution in [3.05, 3.63) is 65.7 Å². The van der Waals surface area contributed by atoms with Gasteiger partial charge in [0.05, 0.1) is 13.2 Å². The zero-order chi connectivity index (χ0) is 17.5. The minimum Gasteiger partial charge on any atom is -0.497 e. The average Bonchev–Trinajstić information content (AvgIpc) is 3.20. The number of aliphatic hydroxyl groups excluding tert-OH is 1. The molecule has 2 atom stereocenters. The predicted molar refractivity (Wildman–Crippen MR) is 101 cm³/mol. The molecule has 1 fully saturated rings. The van der Waals surface area contributed by atoms with Crippen molar-refractivity contribution in [1.82, 2.24) is 10.2 Å². The smallest absolute Gasteiger partial charge is 0.118 e. The number of ether oxygens (including phenoxy) is 1. The lowest BCUT2D eigenvalue weighted by molar-refractivity contribution is 0.166. The van der Waals surface area contributed by atoms with Crippen LogP contribution in [0.2, 0.25) is 0 Å². The second kappa shape index (κ2) is 8.99. The zero-order valence-electron chi connectivity index (χ0n) is 14.9. The van der Waals surface area contributed by atoms with Crippen molar-refractivity contribution in [2.45, 2.75) is 25.0 Å². The summed E-state index contributed by atoms with van der Waals surface area (Å²) >= 11 is 0. The fraction of sp³-hybridized carbons (Fsp3) is 0.429. The fourth-order valence-corrected chi connectivity index (χ4v) is 3.49. The van der Waals surface area contributed by atoms with Gasteiger partial charge in [-0.25, -0.2) is 0 Å². The van der Waals surface area contributed by atoms with Crippen molar-refractivity contribution in [3.8, 4) is 5.75 Å². The Morgan fingerprint density at radius 3 is 2.28 bits per heavy atom. The highest BCUT2D eigenvalue weighted by atomic mass is 16.5. The average molecular weight is 340 g/mol. The Balaban J connectivity index is 1.61. The Labute approximate surface area is 150 Å². The van der Waals surface area contributed by atoms with Gasteiger partial charge in [-0.2, -0.15) is 0 Å². The lowest BCUT2D eigenvalue weighted by Crippen LogP contribution is -2.35. The molecular weight excluding hydrogens is 312 g/mol. The third-order valence-corrected chi connectivity index (χ3v) is 4.94. The van der Waals surface area contributed by atoms with E-state index in [1.807, 2.05) is 42.5 Å². The number of hydrogen-bond acceptors (Lipinski definition) is 4. The number of nitrogens with zero attached hydrogens (tertiary/aromatic N) is 1. The van der Waals surface area contributed by atoms with Gasteiger partial charge in [-0.3, -0.25) is 4.90 Å². The van der Waals surface area contributed by atoms with Crippen LogP contribution in [0.4, 0.5) is 0 Å². The minimum atomic E-state index is -0.476. The molecule has 1 aliphatic rings. The van der Waals surface area contributed by atoms with Gasteiger partial charge in [-0.15, -0.1) is 0 Å². The Morgan fingerprint density at radius 1 is 0.960 bits per heavy atom. The van der Waals surface area contributed by atoms with Gasteiger partial charge in [0.1, 0.15) is 5.75 Å². The SMILES string of the molecule is COc1ccc([C@@H](CNC[C@H](O)c2ccccc2)N2CCCC2)cc1. The lowest BCUT2D eigenvalue weighted by Gasteiger charge is -2.29. The molecule has 2 aromatic carbocycles. The quantitative estimate of drug-likeness (QED) is 0.775. The Morgan fingerprint density at radius 2 is 1.64 bits per heavy atom. The van der Waals surface area contributed by atoms with E-state index >= 15 is 0 Å². The van der Waals surface area contributed by atoms with Gasteiger partial charge in [0.25, 0.3) is 0 Å². The Kier molecular flexibility index (Phi) is 6.45. The molecule has 0 saturated carbocycles. The van der Waals surface area contributed by atoms with Crippen LogP contribution in [0.25, 0.3) is 0 Å². The zero-order valence-corrected chi connectivity index (χ0v) is 14.9. The molecule has 2 N–H and O–H groups in total. The first-order chi connectivity index (χ1) is 12.3. The van der Waals surface area contributed by atoms with Crippen molar-refractivity contribution < 1.29 is 9.84 Å². The number of nitrogens with one attached hydrogen (secondary N) is 1. The van der Waals surface area contributed by atoms with Crippen LogP contribution in [-0.2, 0) is 0 Å².